The van der Waals surface area contributed by atoms with Crippen LogP contribution in [0, 0.1) is 12.7 Å². The van der Waals surface area contributed by atoms with Crippen LogP contribution in [0.2, 0.25) is 0 Å². The molecule has 2 N–H and O–H groups in total. The highest BCUT2D eigenvalue weighted by molar-refractivity contribution is 6.08. The Hall–Kier alpha value is -3.61. The molecule has 1 amide bonds. The summed E-state index contributed by atoms with van der Waals surface area (Å²) in [5, 5.41) is 6.06. The zero-order chi connectivity index (χ0) is 23.9. The van der Waals surface area contributed by atoms with E-state index in [9.17, 15) is 14.0 Å². The number of Topliss-reactive ketones (excluding diaryl/α,β-unsaturated/α-hetero) is 1. The maximum atomic E-state index is 13.5. The number of carbonyl (C=O) groups excluding carboxylic acids is 2. The molecule has 1 aliphatic heterocycles. The number of carbonyl (C=O) groups is 2. The maximum Gasteiger partial charge on any atom is 0.250 e. The molecule has 1 unspecified atom stereocenters. The summed E-state index contributed by atoms with van der Waals surface area (Å²) in [6.07, 6.45) is -0.730. The highest BCUT2D eigenvalue weighted by Gasteiger charge is 2.35. The lowest BCUT2D eigenvalue weighted by Crippen LogP contribution is -2.30. The van der Waals surface area contributed by atoms with Crippen molar-refractivity contribution in [2.45, 2.75) is 26.1 Å². The zero-order valence-electron chi connectivity index (χ0n) is 19.0. The fourth-order valence-electron chi connectivity index (χ4n) is 3.88. The number of halogens is 1. The Bertz CT molecular complexity index is 1170. The Morgan fingerprint density at radius 2 is 1.59 bits per heavy atom. The van der Waals surface area contributed by atoms with Gasteiger partial charge in [0.25, 0.3) is 5.91 Å². The molecule has 0 bridgehead atoms. The van der Waals surface area contributed by atoms with E-state index < -0.39 is 6.10 Å². The van der Waals surface area contributed by atoms with Crippen molar-refractivity contribution in [2.24, 2.45) is 0 Å². The fraction of sp³-hybridized carbons (Fsp3) is 0.214. The van der Waals surface area contributed by atoms with E-state index in [0.29, 0.717) is 24.2 Å². The van der Waals surface area contributed by atoms with Crippen molar-refractivity contribution in [3.63, 3.8) is 0 Å². The van der Waals surface area contributed by atoms with Gasteiger partial charge < -0.3 is 15.4 Å². The lowest BCUT2D eigenvalue weighted by Gasteiger charge is -2.16. The second-order valence-electron chi connectivity index (χ2n) is 8.32. The molecule has 3 aromatic rings. The van der Waals surface area contributed by atoms with Crippen molar-refractivity contribution in [1.82, 2.24) is 10.6 Å². The first kappa shape index (κ1) is 23.5. The smallest absolute Gasteiger partial charge is 0.250 e. The van der Waals surface area contributed by atoms with Gasteiger partial charge in [-0.3, -0.25) is 9.59 Å². The van der Waals surface area contributed by atoms with Crippen LogP contribution in [0.4, 0.5) is 4.39 Å². The van der Waals surface area contributed by atoms with E-state index in [1.54, 1.807) is 12.1 Å². The van der Waals surface area contributed by atoms with E-state index in [1.807, 2.05) is 61.5 Å². The Kier molecular flexibility index (Phi) is 7.62. The first-order chi connectivity index (χ1) is 16.5. The molecule has 0 saturated heterocycles. The van der Waals surface area contributed by atoms with Gasteiger partial charge >= 0.3 is 0 Å². The lowest BCUT2D eigenvalue weighted by atomic mass is 9.96. The molecular weight excluding hydrogens is 431 g/mol. The Labute approximate surface area is 198 Å². The van der Waals surface area contributed by atoms with Crippen LogP contribution in [-0.2, 0) is 27.4 Å². The van der Waals surface area contributed by atoms with Crippen molar-refractivity contribution >= 4 is 11.7 Å². The van der Waals surface area contributed by atoms with Crippen molar-refractivity contribution < 1.29 is 18.7 Å². The van der Waals surface area contributed by atoms with Gasteiger partial charge in [0.1, 0.15) is 11.9 Å². The van der Waals surface area contributed by atoms with E-state index >= 15 is 0 Å². The fourth-order valence-corrected chi connectivity index (χ4v) is 3.88. The van der Waals surface area contributed by atoms with E-state index in [1.165, 1.54) is 12.1 Å². The second kappa shape index (κ2) is 11.0. The molecule has 0 radical (unpaired) electrons. The summed E-state index contributed by atoms with van der Waals surface area (Å²) in [6, 6.07) is 23.4. The molecular formula is C28H27FN2O3. The molecule has 1 heterocycles. The number of rotatable bonds is 9. The average molecular weight is 459 g/mol. The summed E-state index contributed by atoms with van der Waals surface area (Å²) in [5.41, 5.74) is 4.40. The predicted molar refractivity (Wildman–Crippen MR) is 128 cm³/mol. The van der Waals surface area contributed by atoms with Crippen LogP contribution in [-0.4, -0.2) is 24.8 Å². The molecule has 174 valence electrons. The molecule has 0 spiro atoms. The third kappa shape index (κ3) is 5.84. The third-order valence-electron chi connectivity index (χ3n) is 5.77. The van der Waals surface area contributed by atoms with E-state index in [2.05, 4.69) is 10.6 Å². The Balaban J connectivity index is 1.52. The number of benzene rings is 3. The summed E-state index contributed by atoms with van der Waals surface area (Å²) in [6.45, 7) is 2.98. The van der Waals surface area contributed by atoms with Crippen LogP contribution >= 0.6 is 0 Å². The summed E-state index contributed by atoms with van der Waals surface area (Å²) in [4.78, 5) is 26.3. The zero-order valence-corrected chi connectivity index (χ0v) is 19.0. The highest BCUT2D eigenvalue weighted by Crippen LogP contribution is 2.35. The van der Waals surface area contributed by atoms with Crippen molar-refractivity contribution in [3.8, 4) is 0 Å². The number of aryl methyl sites for hydroxylation is 1. The summed E-state index contributed by atoms with van der Waals surface area (Å²) in [7, 11) is 0. The van der Waals surface area contributed by atoms with E-state index in [0.717, 1.165) is 16.7 Å². The number of ketones is 1. The van der Waals surface area contributed by atoms with Crippen LogP contribution in [0.15, 0.2) is 90.0 Å². The first-order valence-corrected chi connectivity index (χ1v) is 11.2. The largest absolute Gasteiger partial charge is 0.364 e. The second-order valence-corrected chi connectivity index (χ2v) is 8.32. The van der Waals surface area contributed by atoms with Gasteiger partial charge in [0.15, 0.2) is 5.78 Å². The number of nitrogens with one attached hydrogen (secondary N) is 2. The van der Waals surface area contributed by atoms with Crippen molar-refractivity contribution in [1.29, 1.82) is 0 Å². The van der Waals surface area contributed by atoms with Gasteiger partial charge in [0.05, 0.1) is 18.7 Å². The molecule has 0 aromatic heterocycles. The summed E-state index contributed by atoms with van der Waals surface area (Å²) < 4.78 is 19.3. The van der Waals surface area contributed by atoms with Gasteiger partial charge in [-0.05, 0) is 35.7 Å². The maximum absolute atomic E-state index is 13.5. The standard InChI is InChI=1S/C28H27FN2O3/c1-19-7-9-21(10-8-19)16-31-28(33)26-24(18-34-27(26)22-11-13-23(29)14-12-22)25(32)17-30-15-20-5-3-2-4-6-20/h2-14,27,30H,15-18H2,1H3,(H,31,33). The van der Waals surface area contributed by atoms with Crippen LogP contribution in [0.5, 0.6) is 0 Å². The van der Waals surface area contributed by atoms with Crippen LogP contribution in [0.3, 0.4) is 0 Å². The monoisotopic (exact) mass is 458 g/mol. The quantitative estimate of drug-likeness (QED) is 0.505. The molecule has 6 heteroatoms. The van der Waals surface area contributed by atoms with Gasteiger partial charge in [0, 0.05) is 18.7 Å². The number of amides is 1. The SMILES string of the molecule is Cc1ccc(CNC(=O)C2=C(C(=O)CNCc3ccccc3)COC2c2ccc(F)cc2)cc1. The molecule has 0 aliphatic carbocycles. The molecule has 0 fully saturated rings. The van der Waals surface area contributed by atoms with Crippen molar-refractivity contribution in [2.75, 3.05) is 13.2 Å². The molecule has 4 rings (SSSR count). The van der Waals surface area contributed by atoms with Gasteiger partial charge in [-0.25, -0.2) is 4.39 Å². The molecule has 3 aromatic carbocycles. The molecule has 1 aliphatic rings. The molecule has 34 heavy (non-hydrogen) atoms. The van der Waals surface area contributed by atoms with Gasteiger partial charge in [0.2, 0.25) is 0 Å². The molecule has 1 atom stereocenters. The van der Waals surface area contributed by atoms with Crippen LogP contribution < -0.4 is 10.6 Å². The minimum atomic E-state index is -0.730. The average Bonchev–Trinajstić information content (AvgIpc) is 3.30. The highest BCUT2D eigenvalue weighted by atomic mass is 19.1. The normalized spacial score (nSPS) is 15.4. The summed E-state index contributed by atoms with van der Waals surface area (Å²) in [5.74, 6) is -0.933. The number of ether oxygens (including phenoxy) is 1. The molecule has 5 nitrogen and oxygen atoms in total. The van der Waals surface area contributed by atoms with Crippen LogP contribution in [0.1, 0.15) is 28.4 Å². The minimum Gasteiger partial charge on any atom is -0.364 e. The third-order valence-corrected chi connectivity index (χ3v) is 5.77. The summed E-state index contributed by atoms with van der Waals surface area (Å²) >= 11 is 0. The van der Waals surface area contributed by atoms with Gasteiger partial charge in [-0.2, -0.15) is 0 Å². The first-order valence-electron chi connectivity index (χ1n) is 11.2. The van der Waals surface area contributed by atoms with E-state index in [-0.39, 0.29) is 36.2 Å². The van der Waals surface area contributed by atoms with E-state index in [4.69, 9.17) is 4.74 Å². The molecule has 0 saturated carbocycles. The topological polar surface area (TPSA) is 67.4 Å². The lowest BCUT2D eigenvalue weighted by molar-refractivity contribution is -0.119. The predicted octanol–water partition coefficient (Wildman–Crippen LogP) is 4.18. The Morgan fingerprint density at radius 3 is 2.29 bits per heavy atom. The number of hydrogen-bond acceptors (Lipinski definition) is 4. The Morgan fingerprint density at radius 1 is 0.912 bits per heavy atom. The minimum absolute atomic E-state index is 0.0289. The van der Waals surface area contributed by atoms with Crippen LogP contribution in [0.25, 0.3) is 0 Å². The number of hydrogen-bond donors (Lipinski definition) is 2. The van der Waals surface area contributed by atoms with Gasteiger partial charge in [-0.15, -0.1) is 0 Å². The van der Waals surface area contributed by atoms with Crippen molar-refractivity contribution in [3.05, 3.63) is 118 Å². The van der Waals surface area contributed by atoms with Gasteiger partial charge in [-0.1, -0.05) is 72.3 Å².